The van der Waals surface area contributed by atoms with Crippen LogP contribution in [0.2, 0.25) is 0 Å². The monoisotopic (exact) mass is 241 g/mol. The van der Waals surface area contributed by atoms with Crippen LogP contribution in [-0.4, -0.2) is 30.6 Å². The Balaban J connectivity index is 1.97. The Kier molecular flexibility index (Phi) is 3.52. The smallest absolute Gasteiger partial charge is 0.244 e. The third kappa shape index (κ3) is 2.58. The van der Waals surface area contributed by atoms with Gasteiger partial charge in [0.25, 0.3) is 0 Å². The fourth-order valence-corrected chi connectivity index (χ4v) is 2.23. The van der Waals surface area contributed by atoms with Gasteiger partial charge in [-0.3, -0.25) is 4.79 Å². The highest BCUT2D eigenvalue weighted by Crippen LogP contribution is 2.43. The van der Waals surface area contributed by atoms with Gasteiger partial charge in [-0.15, -0.1) is 11.3 Å². The summed E-state index contributed by atoms with van der Waals surface area (Å²) in [7, 11) is 1.52. The number of ether oxygens (including phenoxy) is 1. The zero-order valence-corrected chi connectivity index (χ0v) is 9.92. The summed E-state index contributed by atoms with van der Waals surface area (Å²) in [6.07, 6.45) is 2.33. The van der Waals surface area contributed by atoms with Gasteiger partial charge in [0, 0.05) is 13.0 Å². The molecule has 1 atom stereocenters. The lowest BCUT2D eigenvalue weighted by atomic mass is 10.3. The molecule has 1 amide bonds. The van der Waals surface area contributed by atoms with Crippen molar-refractivity contribution in [2.24, 2.45) is 5.73 Å². The highest BCUT2D eigenvalue weighted by atomic mass is 32.1. The molecule has 1 unspecified atom stereocenters. The van der Waals surface area contributed by atoms with Gasteiger partial charge in [0.2, 0.25) is 5.91 Å². The van der Waals surface area contributed by atoms with E-state index in [1.807, 2.05) is 0 Å². The fourth-order valence-electron chi connectivity index (χ4n) is 1.46. The van der Waals surface area contributed by atoms with Gasteiger partial charge in [0.15, 0.2) is 0 Å². The molecule has 0 bridgehead atoms. The van der Waals surface area contributed by atoms with Crippen LogP contribution >= 0.6 is 11.3 Å². The number of aromatic nitrogens is 1. The Morgan fingerprint density at radius 1 is 1.81 bits per heavy atom. The number of hydrogen-bond acceptors (Lipinski definition) is 5. The van der Waals surface area contributed by atoms with Crippen molar-refractivity contribution in [1.29, 1.82) is 0 Å². The number of carbonyl (C=O) groups is 1. The number of carbonyl (C=O) groups excluding carboxylic acids is 1. The van der Waals surface area contributed by atoms with E-state index in [2.05, 4.69) is 10.3 Å². The second-order valence-electron chi connectivity index (χ2n) is 3.89. The van der Waals surface area contributed by atoms with Crippen LogP contribution in [0.5, 0.6) is 0 Å². The zero-order chi connectivity index (χ0) is 11.5. The highest BCUT2D eigenvalue weighted by molar-refractivity contribution is 7.14. The molecule has 1 aliphatic carbocycles. The van der Waals surface area contributed by atoms with Gasteiger partial charge in [0.1, 0.15) is 11.0 Å². The van der Waals surface area contributed by atoms with E-state index in [4.69, 9.17) is 10.5 Å². The Morgan fingerprint density at radius 2 is 2.56 bits per heavy atom. The maximum atomic E-state index is 11.7. The number of thiazole rings is 1. The van der Waals surface area contributed by atoms with Crippen LogP contribution in [0.15, 0.2) is 5.51 Å². The number of amides is 1. The maximum absolute atomic E-state index is 11.7. The number of nitrogens with one attached hydrogen (secondary N) is 1. The molecule has 1 aromatic heterocycles. The lowest BCUT2D eigenvalue weighted by Gasteiger charge is -2.10. The molecule has 0 spiro atoms. The predicted octanol–water partition coefficient (Wildman–Crippen LogP) is 0.933. The number of methoxy groups -OCH3 is 1. The van der Waals surface area contributed by atoms with E-state index in [1.54, 1.807) is 5.51 Å². The molecule has 88 valence electrons. The van der Waals surface area contributed by atoms with E-state index >= 15 is 0 Å². The first-order valence-corrected chi connectivity index (χ1v) is 6.09. The van der Waals surface area contributed by atoms with Crippen LogP contribution in [0.25, 0.3) is 0 Å². The minimum Gasteiger partial charge on any atom is -0.383 e. The molecule has 2 rings (SSSR count). The highest BCUT2D eigenvalue weighted by Gasteiger charge is 2.29. The van der Waals surface area contributed by atoms with Gasteiger partial charge in [-0.05, 0) is 12.8 Å². The molecule has 16 heavy (non-hydrogen) atoms. The first-order valence-electron chi connectivity index (χ1n) is 5.21. The molecule has 0 radical (unpaired) electrons. The number of rotatable bonds is 5. The van der Waals surface area contributed by atoms with E-state index in [1.165, 1.54) is 18.4 Å². The molecular formula is C10H15N3O2S. The number of nitrogens with zero attached hydrogens (tertiary/aromatic N) is 1. The van der Waals surface area contributed by atoms with Crippen molar-refractivity contribution in [1.82, 2.24) is 4.98 Å². The first kappa shape index (κ1) is 11.5. The van der Waals surface area contributed by atoms with E-state index in [-0.39, 0.29) is 12.5 Å². The molecule has 1 heterocycles. The summed E-state index contributed by atoms with van der Waals surface area (Å²) < 4.78 is 4.84. The van der Waals surface area contributed by atoms with Gasteiger partial charge < -0.3 is 15.8 Å². The molecular weight excluding hydrogens is 226 g/mol. The van der Waals surface area contributed by atoms with Crippen molar-refractivity contribution < 1.29 is 9.53 Å². The van der Waals surface area contributed by atoms with Gasteiger partial charge in [-0.25, -0.2) is 4.98 Å². The molecule has 6 heteroatoms. The minimum absolute atomic E-state index is 0.215. The normalized spacial score (nSPS) is 17.1. The first-order chi connectivity index (χ1) is 7.72. The van der Waals surface area contributed by atoms with Gasteiger partial charge in [-0.1, -0.05) is 0 Å². The average molecular weight is 241 g/mol. The molecule has 0 saturated heterocycles. The van der Waals surface area contributed by atoms with E-state index < -0.39 is 6.04 Å². The third-order valence-electron chi connectivity index (χ3n) is 2.48. The SMILES string of the molecule is COCC(N)C(=O)Nc1scnc1C1CC1. The van der Waals surface area contributed by atoms with Crippen molar-refractivity contribution in [2.45, 2.75) is 24.8 Å². The average Bonchev–Trinajstić information content (AvgIpc) is 3.00. The van der Waals surface area contributed by atoms with Crippen molar-refractivity contribution in [3.63, 3.8) is 0 Å². The summed E-state index contributed by atoms with van der Waals surface area (Å²) in [6.45, 7) is 0.226. The van der Waals surface area contributed by atoms with Crippen LogP contribution in [0.1, 0.15) is 24.5 Å². The number of anilines is 1. The van der Waals surface area contributed by atoms with Crippen molar-refractivity contribution in [3.8, 4) is 0 Å². The summed E-state index contributed by atoms with van der Waals surface area (Å²) in [5.74, 6) is 0.313. The molecule has 1 aromatic rings. The summed E-state index contributed by atoms with van der Waals surface area (Å²) in [5, 5.41) is 3.64. The minimum atomic E-state index is -0.626. The quantitative estimate of drug-likeness (QED) is 0.804. The van der Waals surface area contributed by atoms with E-state index in [0.717, 1.165) is 23.5 Å². The zero-order valence-electron chi connectivity index (χ0n) is 9.10. The largest absolute Gasteiger partial charge is 0.383 e. The van der Waals surface area contributed by atoms with Gasteiger partial charge in [-0.2, -0.15) is 0 Å². The molecule has 3 N–H and O–H groups in total. The van der Waals surface area contributed by atoms with E-state index in [9.17, 15) is 4.79 Å². The van der Waals surface area contributed by atoms with Gasteiger partial charge >= 0.3 is 0 Å². The molecule has 1 fully saturated rings. The lowest BCUT2D eigenvalue weighted by Crippen LogP contribution is -2.39. The molecule has 1 saturated carbocycles. The van der Waals surface area contributed by atoms with Crippen LogP contribution in [0.3, 0.4) is 0 Å². The topological polar surface area (TPSA) is 77.2 Å². The molecule has 1 aliphatic rings. The number of nitrogens with two attached hydrogens (primary N) is 1. The van der Waals surface area contributed by atoms with Crippen molar-refractivity contribution in [3.05, 3.63) is 11.2 Å². The molecule has 0 aliphatic heterocycles. The lowest BCUT2D eigenvalue weighted by molar-refractivity contribution is -0.118. The van der Waals surface area contributed by atoms with Crippen molar-refractivity contribution in [2.75, 3.05) is 19.0 Å². The Labute approximate surface area is 98.0 Å². The summed E-state index contributed by atoms with van der Waals surface area (Å²) in [6, 6.07) is -0.626. The summed E-state index contributed by atoms with van der Waals surface area (Å²) in [5.41, 5.74) is 8.39. The standard InChI is InChI=1S/C10H15N3O2S/c1-15-4-7(11)9(14)13-10-8(6-2-3-6)12-5-16-10/h5-7H,2-4,11H2,1H3,(H,13,14). The summed E-state index contributed by atoms with van der Waals surface area (Å²) in [4.78, 5) is 15.9. The fraction of sp³-hybridized carbons (Fsp3) is 0.600. The Bertz CT molecular complexity index is 376. The molecule has 0 aromatic carbocycles. The van der Waals surface area contributed by atoms with Crippen molar-refractivity contribution >= 4 is 22.2 Å². The Morgan fingerprint density at radius 3 is 3.19 bits per heavy atom. The van der Waals surface area contributed by atoms with E-state index in [0.29, 0.717) is 5.92 Å². The Hall–Kier alpha value is -0.980. The predicted molar refractivity (Wildman–Crippen MR) is 62.6 cm³/mol. The second-order valence-corrected chi connectivity index (χ2v) is 4.75. The van der Waals surface area contributed by atoms with Crippen LogP contribution in [0, 0.1) is 0 Å². The van der Waals surface area contributed by atoms with Gasteiger partial charge in [0.05, 0.1) is 17.8 Å². The third-order valence-corrected chi connectivity index (χ3v) is 3.24. The summed E-state index contributed by atoms with van der Waals surface area (Å²) >= 11 is 1.44. The van der Waals surface area contributed by atoms with Crippen LogP contribution < -0.4 is 11.1 Å². The number of hydrogen-bond donors (Lipinski definition) is 2. The van der Waals surface area contributed by atoms with Crippen LogP contribution in [0.4, 0.5) is 5.00 Å². The maximum Gasteiger partial charge on any atom is 0.244 e. The molecule has 5 nitrogen and oxygen atoms in total. The second kappa shape index (κ2) is 4.90. The van der Waals surface area contributed by atoms with Crippen LogP contribution in [-0.2, 0) is 9.53 Å².